The molecule has 1 N–H and O–H groups in total. The Balaban J connectivity index is 1.10. The average Bonchev–Trinajstić information content (AvgIpc) is 2.99. The molecule has 10 heteroatoms. The van der Waals surface area contributed by atoms with Crippen LogP contribution >= 0.6 is 0 Å². The highest BCUT2D eigenvalue weighted by molar-refractivity contribution is 5.92. The highest BCUT2D eigenvalue weighted by Gasteiger charge is 2.34. The van der Waals surface area contributed by atoms with Gasteiger partial charge in [0.05, 0.1) is 6.42 Å². The molecule has 0 radical (unpaired) electrons. The number of carbonyl (C=O) groups excluding carboxylic acids is 2. The molecule has 0 bridgehead atoms. The van der Waals surface area contributed by atoms with Crippen molar-refractivity contribution in [3.63, 3.8) is 0 Å². The van der Waals surface area contributed by atoms with Crippen LogP contribution in [0.5, 0.6) is 0 Å². The monoisotopic (exact) mass is 601 g/mol. The highest BCUT2D eigenvalue weighted by atomic mass is 19.1. The number of nitrogens with one attached hydrogen (secondary N) is 1. The van der Waals surface area contributed by atoms with Gasteiger partial charge in [0, 0.05) is 88.2 Å². The number of hydrogen-bond acceptors (Lipinski definition) is 7. The third-order valence-corrected chi connectivity index (χ3v) is 8.90. The van der Waals surface area contributed by atoms with Crippen molar-refractivity contribution in [2.75, 3.05) is 61.4 Å². The molecule has 2 amide bonds. The van der Waals surface area contributed by atoms with E-state index in [0.29, 0.717) is 36.3 Å². The number of amides is 2. The second kappa shape index (κ2) is 13.7. The summed E-state index contributed by atoms with van der Waals surface area (Å²) in [6, 6.07) is 11.6. The molecule has 44 heavy (non-hydrogen) atoms. The number of hydrogen-bond donors (Lipinski definition) is 1. The minimum absolute atomic E-state index is 0.0142. The molecule has 1 aromatic heterocycles. The van der Waals surface area contributed by atoms with E-state index >= 15 is 4.39 Å². The fourth-order valence-electron chi connectivity index (χ4n) is 6.02. The van der Waals surface area contributed by atoms with Crippen LogP contribution in [0.25, 0.3) is 0 Å². The van der Waals surface area contributed by atoms with Crippen molar-refractivity contribution in [3.8, 4) is 0 Å². The van der Waals surface area contributed by atoms with Crippen molar-refractivity contribution in [1.82, 2.24) is 19.8 Å². The van der Waals surface area contributed by atoms with Crippen LogP contribution in [0.15, 0.2) is 42.6 Å². The van der Waals surface area contributed by atoms with E-state index in [9.17, 15) is 9.59 Å². The summed E-state index contributed by atoms with van der Waals surface area (Å²) in [5, 5.41) is 3.10. The zero-order valence-corrected chi connectivity index (χ0v) is 26.6. The van der Waals surface area contributed by atoms with Gasteiger partial charge in [-0.2, -0.15) is 0 Å². The van der Waals surface area contributed by atoms with E-state index in [0.717, 1.165) is 73.6 Å². The maximum atomic E-state index is 15.0. The predicted octanol–water partition coefficient (Wildman–Crippen LogP) is 4.74. The number of aromatic nitrogens is 2. The quantitative estimate of drug-likeness (QED) is 0.359. The molecule has 2 fully saturated rings. The van der Waals surface area contributed by atoms with Crippen LogP contribution < -0.4 is 15.1 Å². The van der Waals surface area contributed by atoms with Crippen LogP contribution in [0.3, 0.4) is 0 Å². The van der Waals surface area contributed by atoms with Crippen LogP contribution in [0.2, 0.25) is 0 Å². The summed E-state index contributed by atoms with van der Waals surface area (Å²) in [6.07, 6.45) is 4.66. The van der Waals surface area contributed by atoms with Gasteiger partial charge in [-0.15, -0.1) is 0 Å². The summed E-state index contributed by atoms with van der Waals surface area (Å²) < 4.78 is 15.0. The lowest BCUT2D eigenvalue weighted by molar-refractivity contribution is -0.132. The molecule has 2 saturated heterocycles. The lowest BCUT2D eigenvalue weighted by Crippen LogP contribution is -2.63. The fraction of sp³-hybridized carbons (Fsp3) is 0.471. The van der Waals surface area contributed by atoms with Gasteiger partial charge in [0.25, 0.3) is 0 Å². The first-order chi connectivity index (χ1) is 21.2. The molecule has 2 aliphatic heterocycles. The Kier molecular flexibility index (Phi) is 9.78. The molecule has 0 atom stereocenters. The normalized spacial score (nSPS) is 15.7. The molecular formula is C34H44FN7O2. The molecule has 0 unspecified atom stereocenters. The molecule has 3 heterocycles. The lowest BCUT2D eigenvalue weighted by Gasteiger charge is -2.49. The summed E-state index contributed by atoms with van der Waals surface area (Å²) in [5.74, 6) is -0.00537. The first-order valence-corrected chi connectivity index (χ1v) is 15.7. The van der Waals surface area contributed by atoms with Crippen molar-refractivity contribution in [1.29, 1.82) is 0 Å². The zero-order chi connectivity index (χ0) is 31.4. The van der Waals surface area contributed by atoms with Crippen LogP contribution in [-0.4, -0.2) is 83.9 Å². The molecule has 5 rings (SSSR count). The molecule has 0 spiro atoms. The van der Waals surface area contributed by atoms with Gasteiger partial charge in [-0.1, -0.05) is 32.4 Å². The van der Waals surface area contributed by atoms with Gasteiger partial charge in [-0.3, -0.25) is 14.5 Å². The minimum Gasteiger partial charge on any atom is -0.368 e. The van der Waals surface area contributed by atoms with Gasteiger partial charge in [0.1, 0.15) is 5.82 Å². The van der Waals surface area contributed by atoms with Gasteiger partial charge < -0.3 is 20.0 Å². The Morgan fingerprint density at radius 1 is 1.05 bits per heavy atom. The number of anilines is 4. The first-order valence-electron chi connectivity index (χ1n) is 15.7. The maximum absolute atomic E-state index is 15.0. The van der Waals surface area contributed by atoms with Crippen molar-refractivity contribution in [2.24, 2.45) is 0 Å². The van der Waals surface area contributed by atoms with E-state index in [1.54, 1.807) is 31.0 Å². The van der Waals surface area contributed by atoms with Gasteiger partial charge >= 0.3 is 0 Å². The predicted molar refractivity (Wildman–Crippen MR) is 173 cm³/mol. The Morgan fingerprint density at radius 3 is 2.45 bits per heavy atom. The molecule has 2 aromatic carbocycles. The van der Waals surface area contributed by atoms with Gasteiger partial charge in [0.2, 0.25) is 17.8 Å². The zero-order valence-electron chi connectivity index (χ0n) is 26.6. The van der Waals surface area contributed by atoms with Crippen molar-refractivity contribution >= 4 is 34.8 Å². The Hall–Kier alpha value is -4.05. The van der Waals surface area contributed by atoms with E-state index < -0.39 is 5.82 Å². The van der Waals surface area contributed by atoms with Gasteiger partial charge in [-0.05, 0) is 60.7 Å². The molecule has 2 aliphatic rings. The highest BCUT2D eigenvalue weighted by Crippen LogP contribution is 2.30. The van der Waals surface area contributed by atoms with Crippen molar-refractivity contribution in [3.05, 3.63) is 70.8 Å². The second-order valence-electron chi connectivity index (χ2n) is 11.9. The van der Waals surface area contributed by atoms with Crippen molar-refractivity contribution < 1.29 is 14.0 Å². The van der Waals surface area contributed by atoms with E-state index in [1.165, 1.54) is 6.07 Å². The van der Waals surface area contributed by atoms with E-state index in [2.05, 4.69) is 57.1 Å². The van der Waals surface area contributed by atoms with Crippen LogP contribution in [0, 0.1) is 12.7 Å². The van der Waals surface area contributed by atoms with Crippen LogP contribution in [0.1, 0.15) is 49.6 Å². The molecule has 3 aromatic rings. The minimum atomic E-state index is -0.413. The van der Waals surface area contributed by atoms with Gasteiger partial charge in [-0.25, -0.2) is 14.4 Å². The fourth-order valence-corrected chi connectivity index (χ4v) is 6.02. The largest absolute Gasteiger partial charge is 0.368 e. The second-order valence-corrected chi connectivity index (χ2v) is 11.9. The lowest BCUT2D eigenvalue weighted by atomic mass is 10.0. The van der Waals surface area contributed by atoms with Crippen LogP contribution in [0.4, 0.5) is 27.4 Å². The van der Waals surface area contributed by atoms with Crippen LogP contribution in [-0.2, 0) is 28.9 Å². The summed E-state index contributed by atoms with van der Waals surface area (Å²) >= 11 is 0. The SMILES string of the molecule is CCCc1cnc(Nc2ccc(CC(=O)N3CCN(C4CN(c5ccc(C)c(N(C)C(C)=O)c5)C4)CC3)c(F)c2)nc1CC. The van der Waals surface area contributed by atoms with Gasteiger partial charge in [0.15, 0.2) is 0 Å². The number of benzene rings is 2. The molecule has 234 valence electrons. The Morgan fingerprint density at radius 2 is 1.80 bits per heavy atom. The number of rotatable bonds is 10. The summed E-state index contributed by atoms with van der Waals surface area (Å²) in [6.45, 7) is 12.5. The molecule has 0 saturated carbocycles. The summed E-state index contributed by atoms with van der Waals surface area (Å²) in [5.41, 5.74) is 6.22. The molecule has 9 nitrogen and oxygen atoms in total. The summed E-state index contributed by atoms with van der Waals surface area (Å²) in [4.78, 5) is 42.3. The first kappa shape index (κ1) is 31.4. The number of aryl methyl sites for hydroxylation is 3. The third-order valence-electron chi connectivity index (χ3n) is 8.90. The average molecular weight is 602 g/mol. The topological polar surface area (TPSA) is 84.9 Å². The smallest absolute Gasteiger partial charge is 0.227 e. The standard InChI is InChI=1S/C34H44FN7O2/c1-6-8-26-20-36-34(38-31(26)7-2)37-27-11-10-25(30(35)18-27)17-33(44)41-15-13-40(14-16-41)29-21-42(22-29)28-12-9-23(3)32(19-28)39(5)24(4)43/h9-12,18-20,29H,6-8,13-17,21-22H2,1-5H3,(H,36,37,38). The van der Waals surface area contributed by atoms with E-state index in [-0.39, 0.29) is 18.2 Å². The Bertz CT molecular complexity index is 1500. The Labute approximate surface area is 260 Å². The van der Waals surface area contributed by atoms with E-state index in [4.69, 9.17) is 0 Å². The number of halogens is 1. The third kappa shape index (κ3) is 7.01. The number of piperazine rings is 1. The molecular weight excluding hydrogens is 557 g/mol. The van der Waals surface area contributed by atoms with E-state index in [1.807, 2.05) is 18.0 Å². The molecule has 0 aliphatic carbocycles. The number of carbonyl (C=O) groups is 2. The number of nitrogens with zero attached hydrogens (tertiary/aromatic N) is 6. The van der Waals surface area contributed by atoms with Crippen molar-refractivity contribution in [2.45, 2.75) is 59.4 Å². The summed E-state index contributed by atoms with van der Waals surface area (Å²) in [7, 11) is 1.81. The maximum Gasteiger partial charge on any atom is 0.227 e.